The van der Waals surface area contributed by atoms with Gasteiger partial charge in [-0.3, -0.25) is 4.79 Å². The molecule has 1 aromatic heterocycles. The fraction of sp³-hybridized carbons (Fsp3) is 0.200. The van der Waals surface area contributed by atoms with Crippen LogP contribution < -0.4 is 10.1 Å². The summed E-state index contributed by atoms with van der Waals surface area (Å²) in [4.78, 5) is 17.4. The quantitative estimate of drug-likeness (QED) is 0.338. The lowest BCUT2D eigenvalue weighted by molar-refractivity contribution is -0.128. The maximum Gasteiger partial charge on any atom is 0.267 e. The number of benzene rings is 3. The van der Waals surface area contributed by atoms with E-state index in [2.05, 4.69) is 45.3 Å². The van der Waals surface area contributed by atoms with Gasteiger partial charge >= 0.3 is 0 Å². The number of aromatic nitrogens is 1. The third-order valence-electron chi connectivity index (χ3n) is 4.99. The summed E-state index contributed by atoms with van der Waals surface area (Å²) in [6.07, 6.45) is 0.985. The number of aryl methyl sites for hydroxylation is 1. The average Bonchev–Trinajstić information content (AvgIpc) is 3.18. The lowest BCUT2D eigenvalue weighted by Gasteiger charge is -2.25. The van der Waals surface area contributed by atoms with E-state index in [-0.39, 0.29) is 5.91 Å². The van der Waals surface area contributed by atoms with Crippen molar-refractivity contribution in [3.05, 3.63) is 76.8 Å². The lowest BCUT2D eigenvalue weighted by atomic mass is 10.1. The van der Waals surface area contributed by atoms with Crippen molar-refractivity contribution in [2.24, 2.45) is 0 Å². The molecule has 0 bridgehead atoms. The number of carbonyl (C=O) groups is 1. The normalized spacial score (nSPS) is 11.5. The molecule has 0 radical (unpaired) electrons. The van der Waals surface area contributed by atoms with Crippen molar-refractivity contribution in [3.63, 3.8) is 0 Å². The van der Waals surface area contributed by atoms with Crippen molar-refractivity contribution in [2.75, 3.05) is 5.32 Å². The Morgan fingerprint density at radius 3 is 2.45 bits per heavy atom. The smallest absolute Gasteiger partial charge is 0.267 e. The Balaban J connectivity index is 1.51. The first-order valence-electron chi connectivity index (χ1n) is 10.1. The number of carbonyl (C=O) groups excluding carboxylic acids is 1. The Labute approximate surface area is 189 Å². The zero-order valence-corrected chi connectivity index (χ0v) is 19.2. The largest absolute Gasteiger partial charge is 0.478 e. The van der Waals surface area contributed by atoms with Gasteiger partial charge in [-0.15, -0.1) is 0 Å². The first kappa shape index (κ1) is 21.1. The number of fused-ring (bicyclic) bond motifs is 1. The Hall–Kier alpha value is -3.12. The summed E-state index contributed by atoms with van der Waals surface area (Å²) in [5.41, 5.74) is 3.10. The van der Waals surface area contributed by atoms with E-state index in [1.807, 2.05) is 42.5 Å². The fourth-order valence-electron chi connectivity index (χ4n) is 3.14. The highest BCUT2D eigenvalue weighted by Crippen LogP contribution is 2.27. The molecule has 0 aliphatic heterocycles. The van der Waals surface area contributed by atoms with E-state index in [0.717, 1.165) is 16.5 Å². The van der Waals surface area contributed by atoms with Gasteiger partial charge in [0.05, 0.1) is 0 Å². The highest BCUT2D eigenvalue weighted by Gasteiger charge is 2.30. The van der Waals surface area contributed by atoms with Gasteiger partial charge in [-0.05, 0) is 80.4 Å². The third-order valence-corrected chi connectivity index (χ3v) is 5.52. The molecule has 158 valence electrons. The van der Waals surface area contributed by atoms with Crippen LogP contribution in [-0.4, -0.2) is 16.5 Å². The molecule has 0 saturated carbocycles. The highest BCUT2D eigenvalue weighted by molar-refractivity contribution is 9.10. The number of anilines is 1. The SMILES string of the molecule is CCc1ccc(-c2nc3cc(NC(=O)C(C)(C)Oc4ccc(Br)cc4)ccc3o2)cc1. The zero-order chi connectivity index (χ0) is 22.0. The number of rotatable bonds is 6. The number of oxazole rings is 1. The van der Waals surface area contributed by atoms with Gasteiger partial charge in [0.2, 0.25) is 5.89 Å². The maximum atomic E-state index is 12.8. The summed E-state index contributed by atoms with van der Waals surface area (Å²) in [6.45, 7) is 5.59. The van der Waals surface area contributed by atoms with Gasteiger partial charge in [0.15, 0.2) is 11.2 Å². The van der Waals surface area contributed by atoms with Crippen LogP contribution in [0.25, 0.3) is 22.6 Å². The molecule has 0 unspecified atom stereocenters. The number of hydrogen-bond acceptors (Lipinski definition) is 4. The summed E-state index contributed by atoms with van der Waals surface area (Å²) in [5.74, 6) is 0.919. The molecule has 0 fully saturated rings. The molecular formula is C25H23BrN2O3. The second-order valence-corrected chi connectivity index (χ2v) is 8.69. The molecule has 1 heterocycles. The third kappa shape index (κ3) is 4.80. The monoisotopic (exact) mass is 478 g/mol. The standard InChI is InChI=1S/C25H23BrN2O3/c1-4-16-5-7-17(8-6-16)23-28-21-15-19(11-14-22(21)30-23)27-24(29)25(2,3)31-20-12-9-18(26)10-13-20/h5-15H,4H2,1-3H3,(H,27,29). The van der Waals surface area contributed by atoms with Crippen LogP contribution in [0.4, 0.5) is 5.69 Å². The lowest BCUT2D eigenvalue weighted by Crippen LogP contribution is -2.42. The minimum Gasteiger partial charge on any atom is -0.478 e. The van der Waals surface area contributed by atoms with Crippen LogP contribution in [0.5, 0.6) is 5.75 Å². The first-order valence-corrected chi connectivity index (χ1v) is 10.9. The predicted octanol–water partition coefficient (Wildman–Crippen LogP) is 6.62. The number of ether oxygens (including phenoxy) is 1. The first-order chi connectivity index (χ1) is 14.8. The van der Waals surface area contributed by atoms with Crippen molar-refractivity contribution in [1.82, 2.24) is 4.98 Å². The summed E-state index contributed by atoms with van der Waals surface area (Å²) in [7, 11) is 0. The van der Waals surface area contributed by atoms with Crippen molar-refractivity contribution >= 4 is 38.6 Å². The van der Waals surface area contributed by atoms with E-state index in [1.165, 1.54) is 5.56 Å². The number of amides is 1. The minimum absolute atomic E-state index is 0.256. The number of nitrogens with zero attached hydrogens (tertiary/aromatic N) is 1. The van der Waals surface area contributed by atoms with Crippen molar-refractivity contribution in [3.8, 4) is 17.2 Å². The van der Waals surface area contributed by atoms with Gasteiger partial charge in [0.25, 0.3) is 5.91 Å². The molecule has 0 spiro atoms. The second kappa shape index (κ2) is 8.55. The van der Waals surface area contributed by atoms with E-state index in [0.29, 0.717) is 28.4 Å². The van der Waals surface area contributed by atoms with Gasteiger partial charge in [-0.2, -0.15) is 0 Å². The van der Waals surface area contributed by atoms with Gasteiger partial charge in [-0.1, -0.05) is 35.0 Å². The van der Waals surface area contributed by atoms with Crippen molar-refractivity contribution < 1.29 is 13.9 Å². The summed E-state index contributed by atoms with van der Waals surface area (Å²) in [6, 6.07) is 20.9. The molecular weight excluding hydrogens is 456 g/mol. The van der Waals surface area contributed by atoms with Crippen LogP contribution in [0.15, 0.2) is 75.6 Å². The van der Waals surface area contributed by atoms with Crippen LogP contribution in [0.2, 0.25) is 0 Å². The Morgan fingerprint density at radius 2 is 1.77 bits per heavy atom. The Morgan fingerprint density at radius 1 is 1.06 bits per heavy atom. The van der Waals surface area contributed by atoms with Gasteiger partial charge in [0.1, 0.15) is 11.3 Å². The van der Waals surface area contributed by atoms with E-state index < -0.39 is 5.60 Å². The molecule has 0 atom stereocenters. The molecule has 0 saturated heterocycles. The molecule has 0 aliphatic carbocycles. The average molecular weight is 479 g/mol. The molecule has 1 N–H and O–H groups in total. The van der Waals surface area contributed by atoms with E-state index in [9.17, 15) is 4.79 Å². The Bertz CT molecular complexity index is 1210. The van der Waals surface area contributed by atoms with Crippen LogP contribution in [-0.2, 0) is 11.2 Å². The van der Waals surface area contributed by atoms with Crippen molar-refractivity contribution in [2.45, 2.75) is 32.8 Å². The maximum absolute atomic E-state index is 12.8. The van der Waals surface area contributed by atoms with E-state index in [4.69, 9.17) is 9.15 Å². The fourth-order valence-corrected chi connectivity index (χ4v) is 3.40. The molecule has 3 aromatic carbocycles. The number of hydrogen-bond donors (Lipinski definition) is 1. The molecule has 6 heteroatoms. The highest BCUT2D eigenvalue weighted by atomic mass is 79.9. The van der Waals surface area contributed by atoms with E-state index in [1.54, 1.807) is 26.0 Å². The number of nitrogens with one attached hydrogen (secondary N) is 1. The van der Waals surface area contributed by atoms with Crippen LogP contribution >= 0.6 is 15.9 Å². The molecule has 0 aliphatic rings. The summed E-state index contributed by atoms with van der Waals surface area (Å²) < 4.78 is 12.7. The van der Waals surface area contributed by atoms with Crippen LogP contribution in [0.1, 0.15) is 26.3 Å². The minimum atomic E-state index is -1.06. The molecule has 1 amide bonds. The molecule has 4 aromatic rings. The summed E-state index contributed by atoms with van der Waals surface area (Å²) in [5, 5.41) is 2.92. The van der Waals surface area contributed by atoms with Crippen LogP contribution in [0, 0.1) is 0 Å². The molecule has 31 heavy (non-hydrogen) atoms. The summed E-state index contributed by atoms with van der Waals surface area (Å²) >= 11 is 3.39. The van der Waals surface area contributed by atoms with E-state index >= 15 is 0 Å². The van der Waals surface area contributed by atoms with Crippen LogP contribution in [0.3, 0.4) is 0 Å². The predicted molar refractivity (Wildman–Crippen MR) is 126 cm³/mol. The second-order valence-electron chi connectivity index (χ2n) is 7.77. The Kier molecular flexibility index (Phi) is 5.83. The number of halogens is 1. The zero-order valence-electron chi connectivity index (χ0n) is 17.6. The molecule has 5 nitrogen and oxygen atoms in total. The molecule has 4 rings (SSSR count). The topological polar surface area (TPSA) is 64.4 Å². The van der Waals surface area contributed by atoms with Gasteiger partial charge in [0, 0.05) is 15.7 Å². The van der Waals surface area contributed by atoms with Gasteiger partial charge in [-0.25, -0.2) is 4.98 Å². The van der Waals surface area contributed by atoms with Gasteiger partial charge < -0.3 is 14.5 Å². The van der Waals surface area contributed by atoms with Crippen molar-refractivity contribution in [1.29, 1.82) is 0 Å².